The van der Waals surface area contributed by atoms with Gasteiger partial charge in [0.05, 0.1) is 10.9 Å². The first-order chi connectivity index (χ1) is 9.32. The summed E-state index contributed by atoms with van der Waals surface area (Å²) in [6, 6.07) is 6.02. The Balaban J connectivity index is 3.03. The molecule has 0 N–H and O–H groups in total. The average Bonchev–Trinajstić information content (AvgIpc) is 2.43. The summed E-state index contributed by atoms with van der Waals surface area (Å²) in [5, 5.41) is 0.674. The molecule has 0 saturated heterocycles. The average molecular weight is 362 g/mol. The number of nitrogens with zero attached hydrogens (tertiary/aromatic N) is 1. The maximum absolute atomic E-state index is 12.5. The van der Waals surface area contributed by atoms with Gasteiger partial charge < -0.3 is 4.79 Å². The number of benzene rings is 1. The molecule has 20 heavy (non-hydrogen) atoms. The standard InChI is InChI=1S/C14H20BrNO3S/c1-11(2)8-13(10-17)16(3)20(18,19)14-6-4-12(9-15)5-7-14/h4-7,10-11,13H,8-9H2,1-3H3/t13-/m0/s1. The van der Waals surface area contributed by atoms with E-state index < -0.39 is 16.1 Å². The molecule has 0 saturated carbocycles. The van der Waals surface area contributed by atoms with Gasteiger partial charge in [0.2, 0.25) is 10.0 Å². The third-order valence-corrected chi connectivity index (χ3v) is 5.64. The van der Waals surface area contributed by atoms with Crippen LogP contribution in [0.3, 0.4) is 0 Å². The molecule has 1 atom stereocenters. The number of alkyl halides is 1. The summed E-state index contributed by atoms with van der Waals surface area (Å²) in [5.41, 5.74) is 1.00. The molecule has 0 aliphatic carbocycles. The van der Waals surface area contributed by atoms with Gasteiger partial charge in [-0.15, -0.1) is 0 Å². The topological polar surface area (TPSA) is 54.5 Å². The molecule has 0 radical (unpaired) electrons. The molecule has 0 heterocycles. The van der Waals surface area contributed by atoms with Crippen molar-refractivity contribution in [3.8, 4) is 0 Å². The van der Waals surface area contributed by atoms with Crippen molar-refractivity contribution in [3.63, 3.8) is 0 Å². The minimum Gasteiger partial charge on any atom is -0.302 e. The fourth-order valence-corrected chi connectivity index (χ4v) is 3.55. The summed E-state index contributed by atoms with van der Waals surface area (Å²) < 4.78 is 26.1. The van der Waals surface area contributed by atoms with Gasteiger partial charge in [0.25, 0.3) is 0 Å². The highest BCUT2D eigenvalue weighted by Gasteiger charge is 2.28. The molecule has 0 fully saturated rings. The van der Waals surface area contributed by atoms with Crippen molar-refractivity contribution < 1.29 is 13.2 Å². The fourth-order valence-electron chi connectivity index (χ4n) is 1.87. The van der Waals surface area contributed by atoms with Gasteiger partial charge in [0.15, 0.2) is 0 Å². The fraction of sp³-hybridized carbons (Fsp3) is 0.500. The Morgan fingerprint density at radius 2 is 1.80 bits per heavy atom. The third kappa shape index (κ3) is 4.14. The molecule has 1 aromatic carbocycles. The predicted octanol–water partition coefficient (Wildman–Crippen LogP) is 2.82. The van der Waals surface area contributed by atoms with Crippen molar-refractivity contribution >= 4 is 32.2 Å². The molecule has 1 rings (SSSR count). The van der Waals surface area contributed by atoms with Crippen molar-refractivity contribution in [2.45, 2.75) is 36.5 Å². The van der Waals surface area contributed by atoms with Crippen molar-refractivity contribution in [2.24, 2.45) is 5.92 Å². The van der Waals surface area contributed by atoms with Gasteiger partial charge >= 0.3 is 0 Å². The van der Waals surface area contributed by atoms with E-state index in [1.54, 1.807) is 24.3 Å². The van der Waals surface area contributed by atoms with E-state index in [9.17, 15) is 13.2 Å². The normalized spacial score (nSPS) is 13.7. The van der Waals surface area contributed by atoms with E-state index >= 15 is 0 Å². The quantitative estimate of drug-likeness (QED) is 0.554. The van der Waals surface area contributed by atoms with Crippen LogP contribution in [0.25, 0.3) is 0 Å². The first kappa shape index (κ1) is 17.3. The van der Waals surface area contributed by atoms with Crippen molar-refractivity contribution in [1.29, 1.82) is 0 Å². The zero-order valence-corrected chi connectivity index (χ0v) is 14.3. The Kier molecular flexibility index (Phi) is 6.36. The third-order valence-electron chi connectivity index (χ3n) is 3.09. The maximum Gasteiger partial charge on any atom is 0.243 e. The van der Waals surface area contributed by atoms with E-state index in [-0.39, 0.29) is 10.8 Å². The molecule has 0 aliphatic heterocycles. The summed E-state index contributed by atoms with van der Waals surface area (Å²) in [6.45, 7) is 3.92. The predicted molar refractivity (Wildman–Crippen MR) is 83.3 cm³/mol. The van der Waals surface area contributed by atoms with Crippen LogP contribution in [0.1, 0.15) is 25.8 Å². The zero-order chi connectivity index (χ0) is 15.3. The van der Waals surface area contributed by atoms with E-state index in [0.29, 0.717) is 18.0 Å². The van der Waals surface area contributed by atoms with E-state index in [2.05, 4.69) is 15.9 Å². The summed E-state index contributed by atoms with van der Waals surface area (Å²) in [7, 11) is -2.18. The van der Waals surface area contributed by atoms with E-state index in [4.69, 9.17) is 0 Å². The second-order valence-electron chi connectivity index (χ2n) is 5.13. The molecular weight excluding hydrogens is 342 g/mol. The monoisotopic (exact) mass is 361 g/mol. The van der Waals surface area contributed by atoms with Gasteiger partial charge in [-0.2, -0.15) is 4.31 Å². The van der Waals surface area contributed by atoms with Gasteiger partial charge in [-0.25, -0.2) is 8.42 Å². The SMILES string of the molecule is CC(C)C[C@@H](C=O)N(C)S(=O)(=O)c1ccc(CBr)cc1. The van der Waals surface area contributed by atoms with Crippen molar-refractivity contribution in [1.82, 2.24) is 4.31 Å². The molecule has 0 bridgehead atoms. The Morgan fingerprint density at radius 1 is 1.25 bits per heavy atom. The molecule has 0 unspecified atom stereocenters. The number of carbonyl (C=O) groups excluding carboxylic acids is 1. The number of likely N-dealkylation sites (N-methyl/N-ethyl adjacent to an activating group) is 1. The summed E-state index contributed by atoms with van der Waals surface area (Å²) in [5.74, 6) is 0.249. The number of carbonyl (C=O) groups is 1. The minimum atomic E-state index is -3.63. The van der Waals surface area contributed by atoms with Crippen LogP contribution in [0.5, 0.6) is 0 Å². The van der Waals surface area contributed by atoms with Crippen molar-refractivity contribution in [3.05, 3.63) is 29.8 Å². The number of halogens is 1. The first-order valence-electron chi connectivity index (χ1n) is 6.41. The molecule has 0 aromatic heterocycles. The van der Waals surface area contributed by atoms with Crippen LogP contribution in [0, 0.1) is 5.92 Å². The van der Waals surface area contributed by atoms with Gasteiger partial charge in [0, 0.05) is 12.4 Å². The van der Waals surface area contributed by atoms with Gasteiger partial charge in [-0.05, 0) is 30.0 Å². The molecular formula is C14H20BrNO3S. The highest BCUT2D eigenvalue weighted by Crippen LogP contribution is 2.20. The van der Waals surface area contributed by atoms with E-state index in [0.717, 1.165) is 9.87 Å². The molecule has 4 nitrogen and oxygen atoms in total. The number of hydrogen-bond acceptors (Lipinski definition) is 3. The molecule has 6 heteroatoms. The molecule has 1 aromatic rings. The van der Waals surface area contributed by atoms with Crippen molar-refractivity contribution in [2.75, 3.05) is 7.05 Å². The van der Waals surface area contributed by atoms with Gasteiger partial charge in [0.1, 0.15) is 6.29 Å². The lowest BCUT2D eigenvalue weighted by molar-refractivity contribution is -0.111. The zero-order valence-electron chi connectivity index (χ0n) is 11.9. The minimum absolute atomic E-state index is 0.209. The van der Waals surface area contributed by atoms with Gasteiger partial charge in [-0.3, -0.25) is 0 Å². The second kappa shape index (κ2) is 7.33. The van der Waals surface area contributed by atoms with Crippen LogP contribution in [-0.4, -0.2) is 32.1 Å². The highest BCUT2D eigenvalue weighted by atomic mass is 79.9. The maximum atomic E-state index is 12.5. The first-order valence-corrected chi connectivity index (χ1v) is 8.97. The number of sulfonamides is 1. The lowest BCUT2D eigenvalue weighted by atomic mass is 10.1. The Labute approximate surface area is 129 Å². The second-order valence-corrected chi connectivity index (χ2v) is 7.69. The van der Waals surface area contributed by atoms with Gasteiger partial charge in [-0.1, -0.05) is 41.9 Å². The summed E-state index contributed by atoms with van der Waals surface area (Å²) in [4.78, 5) is 11.4. The number of hydrogen-bond donors (Lipinski definition) is 0. The van der Waals surface area contributed by atoms with Crippen LogP contribution in [0.4, 0.5) is 0 Å². The summed E-state index contributed by atoms with van der Waals surface area (Å²) >= 11 is 3.32. The number of aldehydes is 1. The van der Waals surface area contributed by atoms with Crippen LogP contribution in [0.15, 0.2) is 29.2 Å². The molecule has 112 valence electrons. The Bertz CT molecular complexity index is 540. The smallest absolute Gasteiger partial charge is 0.243 e. The Hall–Kier alpha value is -0.720. The number of rotatable bonds is 7. The van der Waals surface area contributed by atoms with Crippen LogP contribution < -0.4 is 0 Å². The van der Waals surface area contributed by atoms with Crippen LogP contribution >= 0.6 is 15.9 Å². The van der Waals surface area contributed by atoms with E-state index in [1.807, 2.05) is 13.8 Å². The molecule has 0 aliphatic rings. The largest absolute Gasteiger partial charge is 0.302 e. The molecule has 0 amide bonds. The van der Waals surface area contributed by atoms with E-state index in [1.165, 1.54) is 7.05 Å². The lowest BCUT2D eigenvalue weighted by Crippen LogP contribution is -2.38. The summed E-state index contributed by atoms with van der Waals surface area (Å²) in [6.07, 6.45) is 1.21. The van der Waals surface area contributed by atoms with Crippen LogP contribution in [-0.2, 0) is 20.1 Å². The Morgan fingerprint density at radius 3 is 2.20 bits per heavy atom. The molecule has 0 spiro atoms. The lowest BCUT2D eigenvalue weighted by Gasteiger charge is -2.24. The highest BCUT2D eigenvalue weighted by molar-refractivity contribution is 9.08. The van der Waals surface area contributed by atoms with Crippen LogP contribution in [0.2, 0.25) is 0 Å².